The molecule has 0 aliphatic carbocycles. The van der Waals surface area contributed by atoms with E-state index in [0.717, 1.165) is 0 Å². The molecule has 0 unspecified atom stereocenters. The van der Waals surface area contributed by atoms with Gasteiger partial charge < -0.3 is 10.4 Å². The molecule has 0 aliphatic rings. The van der Waals surface area contributed by atoms with Crippen LogP contribution in [0, 0.1) is 9.39 Å². The molecule has 7 heteroatoms. The summed E-state index contributed by atoms with van der Waals surface area (Å²) >= 11 is 1.83. The lowest BCUT2D eigenvalue weighted by Crippen LogP contribution is -2.16. The summed E-state index contributed by atoms with van der Waals surface area (Å²) in [4.78, 5) is 26.7. The van der Waals surface area contributed by atoms with E-state index in [2.05, 4.69) is 10.3 Å². The highest BCUT2D eigenvalue weighted by Gasteiger charge is 2.16. The van der Waals surface area contributed by atoms with Crippen LogP contribution in [0.25, 0.3) is 0 Å². The predicted molar refractivity (Wildman–Crippen MR) is 78.3 cm³/mol. The van der Waals surface area contributed by atoms with Crippen molar-refractivity contribution in [2.45, 2.75) is 0 Å². The van der Waals surface area contributed by atoms with E-state index in [0.29, 0.717) is 3.57 Å². The van der Waals surface area contributed by atoms with Gasteiger partial charge in [-0.3, -0.25) is 4.79 Å². The Morgan fingerprint density at radius 1 is 1.30 bits per heavy atom. The van der Waals surface area contributed by atoms with Gasteiger partial charge in [-0.1, -0.05) is 0 Å². The molecule has 0 bridgehead atoms. The van der Waals surface area contributed by atoms with Gasteiger partial charge >= 0.3 is 5.97 Å². The molecular formula is C13H8FIN2O3. The Morgan fingerprint density at radius 3 is 2.70 bits per heavy atom. The van der Waals surface area contributed by atoms with E-state index in [9.17, 15) is 14.0 Å². The van der Waals surface area contributed by atoms with Crippen LogP contribution in [0.1, 0.15) is 20.8 Å². The van der Waals surface area contributed by atoms with E-state index in [1.165, 1.54) is 36.5 Å². The first-order chi connectivity index (χ1) is 9.49. The van der Waals surface area contributed by atoms with E-state index in [1.54, 1.807) is 0 Å². The van der Waals surface area contributed by atoms with Crippen LogP contribution in [0.4, 0.5) is 10.1 Å². The molecule has 2 N–H and O–H groups in total. The first-order valence-corrected chi connectivity index (χ1v) is 6.51. The van der Waals surface area contributed by atoms with Crippen molar-refractivity contribution in [3.8, 4) is 0 Å². The highest BCUT2D eigenvalue weighted by atomic mass is 127. The lowest BCUT2D eigenvalue weighted by atomic mass is 10.2. The van der Waals surface area contributed by atoms with Crippen LogP contribution in [-0.2, 0) is 0 Å². The number of carbonyl (C=O) groups is 2. The maximum absolute atomic E-state index is 13.0. The van der Waals surface area contributed by atoms with Crippen LogP contribution in [0.15, 0.2) is 36.5 Å². The number of nitrogens with one attached hydrogen (secondary N) is 1. The molecule has 5 nitrogen and oxygen atoms in total. The average molecular weight is 386 g/mol. The number of aromatic carboxylic acids is 1. The largest absolute Gasteiger partial charge is 0.476 e. The van der Waals surface area contributed by atoms with Crippen molar-refractivity contribution in [2.75, 3.05) is 5.32 Å². The van der Waals surface area contributed by atoms with Gasteiger partial charge in [0.1, 0.15) is 5.82 Å². The third-order valence-corrected chi connectivity index (χ3v) is 3.33. The zero-order valence-corrected chi connectivity index (χ0v) is 12.1. The maximum Gasteiger partial charge on any atom is 0.356 e. The van der Waals surface area contributed by atoms with Crippen molar-refractivity contribution in [2.24, 2.45) is 0 Å². The summed E-state index contributed by atoms with van der Waals surface area (Å²) in [6.07, 6.45) is 1.32. The average Bonchev–Trinajstić information content (AvgIpc) is 2.38. The quantitative estimate of drug-likeness (QED) is 0.796. The molecule has 1 aromatic carbocycles. The number of rotatable bonds is 3. The van der Waals surface area contributed by atoms with Crippen LogP contribution in [0.3, 0.4) is 0 Å². The van der Waals surface area contributed by atoms with Gasteiger partial charge in [0.25, 0.3) is 5.91 Å². The molecular weight excluding hydrogens is 378 g/mol. The minimum Gasteiger partial charge on any atom is -0.476 e. The molecule has 2 aromatic rings. The second kappa shape index (κ2) is 5.95. The van der Waals surface area contributed by atoms with Gasteiger partial charge in [-0.25, -0.2) is 14.2 Å². The van der Waals surface area contributed by atoms with Gasteiger partial charge in [0.05, 0.1) is 11.3 Å². The Bertz CT molecular complexity index is 691. The lowest BCUT2D eigenvalue weighted by molar-refractivity contribution is 0.0691. The van der Waals surface area contributed by atoms with E-state index >= 15 is 0 Å². The monoisotopic (exact) mass is 386 g/mol. The minimum absolute atomic E-state index is 0.0881. The molecule has 0 radical (unpaired) electrons. The number of amides is 1. The number of aromatic nitrogens is 1. The summed E-state index contributed by atoms with van der Waals surface area (Å²) in [5.41, 5.74) is 0.0929. The van der Waals surface area contributed by atoms with Crippen molar-refractivity contribution in [3.63, 3.8) is 0 Å². The third kappa shape index (κ3) is 3.10. The van der Waals surface area contributed by atoms with Crippen LogP contribution in [-0.4, -0.2) is 22.0 Å². The predicted octanol–water partition coefficient (Wildman–Crippen LogP) is 2.78. The topological polar surface area (TPSA) is 79.3 Å². The number of carboxylic acids is 1. The smallest absolute Gasteiger partial charge is 0.356 e. The van der Waals surface area contributed by atoms with E-state index in [-0.39, 0.29) is 16.9 Å². The summed E-state index contributed by atoms with van der Waals surface area (Å²) < 4.78 is 13.4. The molecule has 0 fully saturated rings. The zero-order valence-electron chi connectivity index (χ0n) is 9.93. The number of carbonyl (C=O) groups excluding carboxylic acids is 1. The Morgan fingerprint density at radius 2 is 2.05 bits per heavy atom. The van der Waals surface area contributed by atoms with E-state index in [1.807, 2.05) is 22.6 Å². The third-order valence-electron chi connectivity index (χ3n) is 2.43. The van der Waals surface area contributed by atoms with Crippen molar-refractivity contribution in [3.05, 3.63) is 57.2 Å². The van der Waals surface area contributed by atoms with Gasteiger partial charge in [0.2, 0.25) is 0 Å². The normalized spacial score (nSPS) is 10.1. The van der Waals surface area contributed by atoms with Crippen LogP contribution < -0.4 is 5.32 Å². The Kier molecular flexibility index (Phi) is 4.28. The fourth-order valence-electron chi connectivity index (χ4n) is 1.54. The molecule has 0 saturated carbocycles. The molecule has 102 valence electrons. The second-order valence-corrected chi connectivity index (χ2v) is 4.95. The standard InChI is InChI=1S/C13H8FIN2O3/c14-7-3-4-8(9(15)6-7)12(18)17-10-2-1-5-16-11(10)13(19)20/h1-6H,(H,17,18)(H,19,20). The molecule has 20 heavy (non-hydrogen) atoms. The molecule has 1 amide bonds. The fourth-order valence-corrected chi connectivity index (χ4v) is 2.26. The number of anilines is 1. The molecule has 0 spiro atoms. The first-order valence-electron chi connectivity index (χ1n) is 5.44. The van der Waals surface area contributed by atoms with Crippen LogP contribution >= 0.6 is 22.6 Å². The highest BCUT2D eigenvalue weighted by molar-refractivity contribution is 14.1. The lowest BCUT2D eigenvalue weighted by Gasteiger charge is -2.08. The van der Waals surface area contributed by atoms with Crippen LogP contribution in [0.5, 0.6) is 0 Å². The summed E-state index contributed by atoms with van der Waals surface area (Å²) in [5.74, 6) is -2.21. The number of pyridine rings is 1. The van der Waals surface area contributed by atoms with Crippen LogP contribution in [0.2, 0.25) is 0 Å². The highest BCUT2D eigenvalue weighted by Crippen LogP contribution is 2.18. The summed E-state index contributed by atoms with van der Waals surface area (Å²) in [5, 5.41) is 11.4. The van der Waals surface area contributed by atoms with Crippen molar-refractivity contribution < 1.29 is 19.1 Å². The molecule has 0 saturated heterocycles. The fraction of sp³-hybridized carbons (Fsp3) is 0. The van der Waals surface area contributed by atoms with E-state index < -0.39 is 17.7 Å². The number of benzene rings is 1. The summed E-state index contributed by atoms with van der Waals surface area (Å²) in [6, 6.07) is 6.67. The Balaban J connectivity index is 2.30. The van der Waals surface area contributed by atoms with Gasteiger partial charge in [-0.15, -0.1) is 0 Å². The van der Waals surface area contributed by atoms with Crippen molar-refractivity contribution in [1.29, 1.82) is 0 Å². The maximum atomic E-state index is 13.0. The minimum atomic E-state index is -1.24. The zero-order chi connectivity index (χ0) is 14.7. The van der Waals surface area contributed by atoms with Gasteiger partial charge in [0.15, 0.2) is 5.69 Å². The van der Waals surface area contributed by atoms with Crippen molar-refractivity contribution >= 4 is 40.2 Å². The summed E-state index contributed by atoms with van der Waals surface area (Å²) in [6.45, 7) is 0. The number of carboxylic acid groups (broad SMARTS) is 1. The summed E-state index contributed by atoms with van der Waals surface area (Å²) in [7, 11) is 0. The first kappa shape index (κ1) is 14.4. The molecule has 1 aromatic heterocycles. The van der Waals surface area contributed by atoms with Gasteiger partial charge in [0, 0.05) is 9.77 Å². The molecule has 1 heterocycles. The second-order valence-electron chi connectivity index (χ2n) is 3.78. The number of nitrogens with zero attached hydrogens (tertiary/aromatic N) is 1. The number of hydrogen-bond acceptors (Lipinski definition) is 3. The molecule has 0 aliphatic heterocycles. The van der Waals surface area contributed by atoms with Gasteiger partial charge in [-0.2, -0.15) is 0 Å². The van der Waals surface area contributed by atoms with Crippen molar-refractivity contribution in [1.82, 2.24) is 4.98 Å². The van der Waals surface area contributed by atoms with E-state index in [4.69, 9.17) is 5.11 Å². The molecule has 0 atom stereocenters. The molecule has 2 rings (SSSR count). The Hall–Kier alpha value is -2.03. The number of halogens is 2. The Labute approximate surface area is 127 Å². The SMILES string of the molecule is O=C(Nc1cccnc1C(=O)O)c1ccc(F)cc1I. The number of hydrogen-bond donors (Lipinski definition) is 2. The van der Waals surface area contributed by atoms with Gasteiger partial charge in [-0.05, 0) is 52.9 Å².